The average Bonchev–Trinajstić information content (AvgIpc) is 2.37. The molecule has 0 spiro atoms. The third kappa shape index (κ3) is 4.95. The van der Waals surface area contributed by atoms with Crippen molar-refractivity contribution in [2.24, 2.45) is 0 Å². The number of hydrogen-bond acceptors (Lipinski definition) is 4. The van der Waals surface area contributed by atoms with E-state index in [-0.39, 0.29) is 24.5 Å². The third-order valence-electron chi connectivity index (χ3n) is 2.16. The van der Waals surface area contributed by atoms with Gasteiger partial charge < -0.3 is 14.8 Å². The van der Waals surface area contributed by atoms with E-state index in [2.05, 4.69) is 16.6 Å². The van der Waals surface area contributed by atoms with Crippen molar-refractivity contribution in [3.05, 3.63) is 36.4 Å². The first kappa shape index (κ1) is 14.9. The maximum absolute atomic E-state index is 12.2. The number of nitrogens with one attached hydrogen (secondary N) is 1. The highest BCUT2D eigenvalue weighted by molar-refractivity contribution is 5.88. The number of esters is 1. The molecule has 4 nitrogen and oxygen atoms in total. The number of para-hydroxylation sites is 2. The quantitative estimate of drug-likeness (QED) is 0.612. The molecule has 0 atom stereocenters. The minimum atomic E-state index is -2.91. The molecule has 0 amide bonds. The smallest absolute Gasteiger partial charge is 0.387 e. The normalized spacial score (nSPS) is 10.1. The van der Waals surface area contributed by atoms with E-state index in [1.54, 1.807) is 25.1 Å². The molecule has 0 aliphatic carbocycles. The van der Waals surface area contributed by atoms with Gasteiger partial charge in [-0.2, -0.15) is 8.78 Å². The molecule has 0 aliphatic rings. The molecule has 0 saturated heterocycles. The summed E-state index contributed by atoms with van der Waals surface area (Å²) in [5, 5.41) is 2.80. The maximum atomic E-state index is 12.2. The maximum Gasteiger partial charge on any atom is 0.387 e. The van der Waals surface area contributed by atoms with Crippen LogP contribution in [0.4, 0.5) is 14.5 Å². The van der Waals surface area contributed by atoms with Gasteiger partial charge in [-0.05, 0) is 19.1 Å². The van der Waals surface area contributed by atoms with Crippen LogP contribution in [0.15, 0.2) is 36.4 Å². The third-order valence-corrected chi connectivity index (χ3v) is 2.16. The summed E-state index contributed by atoms with van der Waals surface area (Å²) in [4.78, 5) is 11.3. The fourth-order valence-corrected chi connectivity index (χ4v) is 1.32. The fraction of sp³-hybridized carbons (Fsp3) is 0.308. The molecule has 0 heterocycles. The zero-order valence-corrected chi connectivity index (χ0v) is 10.5. The SMILES string of the molecule is C=C(CNc1ccccc1OC(F)F)C(=O)OCC. The van der Waals surface area contributed by atoms with Gasteiger partial charge in [0, 0.05) is 12.1 Å². The highest BCUT2D eigenvalue weighted by Gasteiger charge is 2.11. The summed E-state index contributed by atoms with van der Waals surface area (Å²) in [5.41, 5.74) is 0.557. The van der Waals surface area contributed by atoms with Crippen molar-refractivity contribution >= 4 is 11.7 Å². The topological polar surface area (TPSA) is 47.6 Å². The van der Waals surface area contributed by atoms with Crippen LogP contribution in [0.3, 0.4) is 0 Å². The second kappa shape index (κ2) is 7.35. The number of benzene rings is 1. The van der Waals surface area contributed by atoms with Gasteiger partial charge in [0.1, 0.15) is 5.75 Å². The summed E-state index contributed by atoms with van der Waals surface area (Å²) in [5.74, 6) is -0.517. The van der Waals surface area contributed by atoms with E-state index in [9.17, 15) is 13.6 Å². The Morgan fingerprint density at radius 1 is 1.42 bits per heavy atom. The van der Waals surface area contributed by atoms with Gasteiger partial charge in [-0.25, -0.2) is 4.79 Å². The van der Waals surface area contributed by atoms with Crippen molar-refractivity contribution in [1.82, 2.24) is 0 Å². The number of ether oxygens (including phenoxy) is 2. The Bertz CT molecular complexity index is 449. The van der Waals surface area contributed by atoms with E-state index in [1.807, 2.05) is 0 Å². The minimum absolute atomic E-state index is 0.00848. The lowest BCUT2D eigenvalue weighted by Crippen LogP contribution is -2.15. The predicted molar refractivity (Wildman–Crippen MR) is 67.3 cm³/mol. The molecule has 1 aromatic rings. The lowest BCUT2D eigenvalue weighted by Gasteiger charge is -2.13. The Labute approximate surface area is 110 Å². The summed E-state index contributed by atoms with van der Waals surface area (Å²) >= 11 is 0. The van der Waals surface area contributed by atoms with Gasteiger partial charge >= 0.3 is 12.6 Å². The zero-order chi connectivity index (χ0) is 14.3. The van der Waals surface area contributed by atoms with Gasteiger partial charge in [0.15, 0.2) is 0 Å². The van der Waals surface area contributed by atoms with Crippen LogP contribution in [0.5, 0.6) is 5.75 Å². The van der Waals surface area contributed by atoms with Gasteiger partial charge in [-0.3, -0.25) is 0 Å². The summed E-state index contributed by atoms with van der Waals surface area (Å²) in [6, 6.07) is 6.20. The van der Waals surface area contributed by atoms with Gasteiger partial charge in [0.05, 0.1) is 12.3 Å². The van der Waals surface area contributed by atoms with Crippen molar-refractivity contribution in [1.29, 1.82) is 0 Å². The van der Waals surface area contributed by atoms with Gasteiger partial charge in [0.25, 0.3) is 0 Å². The number of hydrogen-bond donors (Lipinski definition) is 1. The summed E-state index contributed by atoms with van der Waals surface area (Å²) in [6.45, 7) is 2.67. The first-order valence-corrected chi connectivity index (χ1v) is 5.67. The van der Waals surface area contributed by atoms with Crippen LogP contribution in [0.25, 0.3) is 0 Å². The molecule has 1 N–H and O–H groups in total. The zero-order valence-electron chi connectivity index (χ0n) is 10.5. The molecule has 1 rings (SSSR count). The predicted octanol–water partition coefficient (Wildman–Crippen LogP) is 2.82. The lowest BCUT2D eigenvalue weighted by molar-refractivity contribution is -0.138. The first-order chi connectivity index (χ1) is 9.04. The van der Waals surface area contributed by atoms with Crippen LogP contribution in [0.1, 0.15) is 6.92 Å². The largest absolute Gasteiger partial charge is 0.463 e. The van der Waals surface area contributed by atoms with Crippen LogP contribution >= 0.6 is 0 Å². The minimum Gasteiger partial charge on any atom is -0.463 e. The fourth-order valence-electron chi connectivity index (χ4n) is 1.32. The molecule has 0 fully saturated rings. The highest BCUT2D eigenvalue weighted by atomic mass is 19.3. The molecule has 6 heteroatoms. The molecule has 1 aromatic carbocycles. The van der Waals surface area contributed by atoms with E-state index < -0.39 is 12.6 Å². The van der Waals surface area contributed by atoms with Crippen LogP contribution in [-0.4, -0.2) is 25.7 Å². The molecule has 104 valence electrons. The molecule has 0 aromatic heterocycles. The van der Waals surface area contributed by atoms with E-state index in [4.69, 9.17) is 4.74 Å². The lowest BCUT2D eigenvalue weighted by atomic mass is 10.2. The van der Waals surface area contributed by atoms with E-state index in [0.29, 0.717) is 5.69 Å². The number of carbonyl (C=O) groups excluding carboxylic acids is 1. The Morgan fingerprint density at radius 2 is 2.11 bits per heavy atom. The van der Waals surface area contributed by atoms with Gasteiger partial charge in [-0.1, -0.05) is 18.7 Å². The first-order valence-electron chi connectivity index (χ1n) is 5.67. The summed E-state index contributed by atoms with van der Waals surface area (Å²) in [7, 11) is 0. The van der Waals surface area contributed by atoms with Crippen molar-refractivity contribution in [2.45, 2.75) is 13.5 Å². The van der Waals surface area contributed by atoms with Crippen molar-refractivity contribution in [3.63, 3.8) is 0 Å². The highest BCUT2D eigenvalue weighted by Crippen LogP contribution is 2.25. The van der Waals surface area contributed by atoms with E-state index in [1.165, 1.54) is 6.07 Å². The monoisotopic (exact) mass is 271 g/mol. The molecule has 19 heavy (non-hydrogen) atoms. The Morgan fingerprint density at radius 3 is 2.74 bits per heavy atom. The van der Waals surface area contributed by atoms with Crippen LogP contribution < -0.4 is 10.1 Å². The van der Waals surface area contributed by atoms with Crippen LogP contribution in [0, 0.1) is 0 Å². The number of rotatable bonds is 7. The van der Waals surface area contributed by atoms with Crippen LogP contribution in [-0.2, 0) is 9.53 Å². The average molecular weight is 271 g/mol. The van der Waals surface area contributed by atoms with Crippen molar-refractivity contribution in [3.8, 4) is 5.75 Å². The van der Waals surface area contributed by atoms with Gasteiger partial charge in [-0.15, -0.1) is 0 Å². The van der Waals surface area contributed by atoms with Crippen molar-refractivity contribution in [2.75, 3.05) is 18.5 Å². The summed E-state index contributed by atoms with van der Waals surface area (Å²) in [6.07, 6.45) is 0. The van der Waals surface area contributed by atoms with E-state index in [0.717, 1.165) is 0 Å². The molecule has 0 radical (unpaired) electrons. The van der Waals surface area contributed by atoms with E-state index >= 15 is 0 Å². The molecule has 0 aliphatic heterocycles. The number of anilines is 1. The molecule has 0 saturated carbocycles. The number of alkyl halides is 2. The second-order valence-corrected chi connectivity index (χ2v) is 3.55. The Balaban J connectivity index is 2.62. The van der Waals surface area contributed by atoms with Gasteiger partial charge in [0.2, 0.25) is 0 Å². The second-order valence-electron chi connectivity index (χ2n) is 3.55. The van der Waals surface area contributed by atoms with Crippen molar-refractivity contribution < 1.29 is 23.0 Å². The number of halogens is 2. The molecule has 0 unspecified atom stereocenters. The molecular formula is C13H15F2NO3. The standard InChI is InChI=1S/C13H15F2NO3/c1-3-18-12(17)9(2)8-16-10-6-4-5-7-11(10)19-13(14)15/h4-7,13,16H,2-3,8H2,1H3. The van der Waals surface area contributed by atoms with Crippen LogP contribution in [0.2, 0.25) is 0 Å². The summed E-state index contributed by atoms with van der Waals surface area (Å²) < 4.78 is 33.5. The number of carbonyl (C=O) groups is 1. The molecule has 0 bridgehead atoms. The Hall–Kier alpha value is -2.11. The molecular weight excluding hydrogens is 256 g/mol. The Kier molecular flexibility index (Phi) is 5.78.